The molecule has 136 valence electrons. The first-order chi connectivity index (χ1) is 12.5. The van der Waals surface area contributed by atoms with Crippen molar-refractivity contribution in [1.82, 2.24) is 19.9 Å². The molecule has 9 heteroatoms. The number of aromatic nitrogens is 3. The van der Waals surface area contributed by atoms with E-state index in [2.05, 4.69) is 20.3 Å². The van der Waals surface area contributed by atoms with Gasteiger partial charge in [-0.15, -0.1) is 11.3 Å². The van der Waals surface area contributed by atoms with Crippen LogP contribution in [0.25, 0.3) is 0 Å². The van der Waals surface area contributed by atoms with Crippen molar-refractivity contribution in [1.29, 1.82) is 0 Å². The number of carbonyl (C=O) groups excluding carboxylic acids is 3. The number of nitrogens with zero attached hydrogens (tertiary/aromatic N) is 4. The minimum Gasteiger partial charge on any atom is -0.302 e. The molecule has 8 nitrogen and oxygen atoms in total. The van der Waals surface area contributed by atoms with E-state index >= 15 is 0 Å². The first kappa shape index (κ1) is 18.1. The molecular weight excluding hydrogens is 354 g/mol. The van der Waals surface area contributed by atoms with Crippen molar-refractivity contribution in [3.05, 3.63) is 34.4 Å². The van der Waals surface area contributed by atoms with Crippen LogP contribution in [0.15, 0.2) is 12.4 Å². The van der Waals surface area contributed by atoms with Crippen molar-refractivity contribution >= 4 is 34.2 Å². The fourth-order valence-corrected chi connectivity index (χ4v) is 3.47. The molecule has 1 aliphatic heterocycles. The second-order valence-electron chi connectivity index (χ2n) is 6.03. The Morgan fingerprint density at radius 2 is 1.73 bits per heavy atom. The summed E-state index contributed by atoms with van der Waals surface area (Å²) in [6.07, 6.45) is 5.22. The molecule has 0 radical (unpaired) electrons. The lowest BCUT2D eigenvalue weighted by molar-refractivity contribution is -0.116. The molecule has 3 rings (SSSR count). The Morgan fingerprint density at radius 1 is 1.08 bits per heavy atom. The van der Waals surface area contributed by atoms with Crippen molar-refractivity contribution in [2.45, 2.75) is 39.5 Å². The molecule has 1 aliphatic rings. The van der Waals surface area contributed by atoms with Crippen LogP contribution in [0.2, 0.25) is 0 Å². The maximum atomic E-state index is 12.1. The van der Waals surface area contributed by atoms with Gasteiger partial charge in [0, 0.05) is 30.2 Å². The molecule has 0 saturated heterocycles. The van der Waals surface area contributed by atoms with Gasteiger partial charge >= 0.3 is 0 Å². The summed E-state index contributed by atoms with van der Waals surface area (Å²) in [5, 5.41) is 3.42. The topological polar surface area (TPSA) is 105 Å². The van der Waals surface area contributed by atoms with Gasteiger partial charge in [-0.2, -0.15) is 0 Å². The average Bonchev–Trinajstić information content (AvgIpc) is 3.05. The fraction of sp³-hybridized carbons (Fsp3) is 0.412. The second kappa shape index (κ2) is 7.69. The Hall–Kier alpha value is -2.68. The quantitative estimate of drug-likeness (QED) is 0.590. The zero-order valence-corrected chi connectivity index (χ0v) is 15.4. The minimum absolute atomic E-state index is 0.0760. The van der Waals surface area contributed by atoms with Gasteiger partial charge < -0.3 is 5.32 Å². The minimum atomic E-state index is -0.398. The summed E-state index contributed by atoms with van der Waals surface area (Å²) in [6, 6.07) is 0. The van der Waals surface area contributed by atoms with Crippen molar-refractivity contribution in [2.75, 3.05) is 11.9 Å². The van der Waals surface area contributed by atoms with E-state index in [1.807, 2.05) is 13.8 Å². The van der Waals surface area contributed by atoms with Crippen LogP contribution in [0.3, 0.4) is 0 Å². The van der Waals surface area contributed by atoms with E-state index in [0.29, 0.717) is 30.9 Å². The number of carbonyl (C=O) groups is 3. The van der Waals surface area contributed by atoms with Crippen LogP contribution in [0.4, 0.5) is 5.13 Å². The number of imide groups is 1. The molecular formula is C17H19N5O3S. The van der Waals surface area contributed by atoms with E-state index in [9.17, 15) is 14.4 Å². The third-order valence-electron chi connectivity index (χ3n) is 4.15. The highest BCUT2D eigenvalue weighted by Gasteiger charge is 2.37. The van der Waals surface area contributed by atoms with Gasteiger partial charge in [0.15, 0.2) is 16.5 Å². The van der Waals surface area contributed by atoms with Gasteiger partial charge in [0.05, 0.1) is 5.69 Å². The van der Waals surface area contributed by atoms with E-state index in [4.69, 9.17) is 0 Å². The number of thiazole rings is 1. The lowest BCUT2D eigenvalue weighted by Gasteiger charge is -2.12. The lowest BCUT2D eigenvalue weighted by atomic mass is 10.2. The van der Waals surface area contributed by atoms with Crippen molar-refractivity contribution in [3.63, 3.8) is 0 Å². The highest BCUT2D eigenvalue weighted by molar-refractivity contribution is 7.15. The molecule has 0 aliphatic carbocycles. The van der Waals surface area contributed by atoms with E-state index in [1.54, 1.807) is 0 Å². The molecule has 0 aromatic carbocycles. The molecule has 0 atom stereocenters. The fourth-order valence-electron chi connectivity index (χ4n) is 2.64. The summed E-state index contributed by atoms with van der Waals surface area (Å²) in [6.45, 7) is 4.18. The maximum absolute atomic E-state index is 12.1. The van der Waals surface area contributed by atoms with Crippen LogP contribution < -0.4 is 5.32 Å². The van der Waals surface area contributed by atoms with Gasteiger partial charge in [0.25, 0.3) is 11.8 Å². The molecule has 0 bridgehead atoms. The predicted octanol–water partition coefficient (Wildman–Crippen LogP) is 2.35. The Balaban J connectivity index is 1.39. The number of aryl methyl sites for hydroxylation is 2. The number of unbranched alkanes of at least 4 members (excludes halogenated alkanes) is 2. The first-order valence-electron chi connectivity index (χ1n) is 8.38. The average molecular weight is 373 g/mol. The predicted molar refractivity (Wildman–Crippen MR) is 96.1 cm³/mol. The first-order valence-corrected chi connectivity index (χ1v) is 9.20. The number of rotatable bonds is 7. The zero-order chi connectivity index (χ0) is 18.7. The third-order valence-corrected chi connectivity index (χ3v) is 5.14. The molecule has 3 heterocycles. The van der Waals surface area contributed by atoms with E-state index < -0.39 is 11.8 Å². The van der Waals surface area contributed by atoms with Gasteiger partial charge in [-0.1, -0.05) is 6.42 Å². The number of amides is 3. The Kier molecular flexibility index (Phi) is 5.36. The molecule has 2 aromatic rings. The lowest BCUT2D eigenvalue weighted by Crippen LogP contribution is -2.31. The number of anilines is 1. The summed E-state index contributed by atoms with van der Waals surface area (Å²) >= 11 is 1.46. The molecule has 2 aromatic heterocycles. The Morgan fingerprint density at radius 3 is 2.31 bits per heavy atom. The number of hydrogen-bond donors (Lipinski definition) is 1. The molecule has 0 unspecified atom stereocenters. The van der Waals surface area contributed by atoms with Crippen LogP contribution in [-0.2, 0) is 4.79 Å². The van der Waals surface area contributed by atoms with Crippen LogP contribution in [0.5, 0.6) is 0 Å². The van der Waals surface area contributed by atoms with Gasteiger partial charge in [-0.05, 0) is 26.7 Å². The number of fused-ring (bicyclic) bond motifs is 1. The summed E-state index contributed by atoms with van der Waals surface area (Å²) in [5.74, 6) is -0.872. The van der Waals surface area contributed by atoms with Gasteiger partial charge in [0.1, 0.15) is 0 Å². The van der Waals surface area contributed by atoms with E-state index in [0.717, 1.165) is 17.0 Å². The zero-order valence-electron chi connectivity index (χ0n) is 14.6. The largest absolute Gasteiger partial charge is 0.302 e. The molecule has 1 N–H and O–H groups in total. The second-order valence-corrected chi connectivity index (χ2v) is 7.24. The molecule has 0 fully saturated rings. The summed E-state index contributed by atoms with van der Waals surface area (Å²) in [5.41, 5.74) is 1.16. The highest BCUT2D eigenvalue weighted by atomic mass is 32.1. The smallest absolute Gasteiger partial charge is 0.281 e. The Bertz CT molecular complexity index is 809. The van der Waals surface area contributed by atoms with Gasteiger partial charge in [-0.25, -0.2) is 15.0 Å². The van der Waals surface area contributed by atoms with Crippen molar-refractivity contribution < 1.29 is 14.4 Å². The Labute approximate surface area is 154 Å². The molecule has 26 heavy (non-hydrogen) atoms. The van der Waals surface area contributed by atoms with Crippen LogP contribution >= 0.6 is 11.3 Å². The van der Waals surface area contributed by atoms with E-state index in [1.165, 1.54) is 28.6 Å². The van der Waals surface area contributed by atoms with Gasteiger partial charge in [-0.3, -0.25) is 19.3 Å². The maximum Gasteiger partial charge on any atom is 0.281 e. The van der Waals surface area contributed by atoms with Crippen molar-refractivity contribution in [3.8, 4) is 0 Å². The normalized spacial score (nSPS) is 13.2. The monoisotopic (exact) mass is 373 g/mol. The molecule has 0 spiro atoms. The molecule has 3 amide bonds. The SMILES string of the molecule is Cc1nc(NC(=O)CCCCCN2C(=O)c3nccnc3C2=O)sc1C. The van der Waals surface area contributed by atoms with E-state index in [-0.39, 0.29) is 17.3 Å². The standard InChI is InChI=1S/C17H19N5O3S/c1-10-11(2)26-17(20-10)21-12(23)6-4-3-5-9-22-15(24)13-14(16(22)25)19-8-7-18-13/h7-8H,3-6,9H2,1-2H3,(H,20,21,23). The van der Waals surface area contributed by atoms with Gasteiger partial charge in [0.2, 0.25) is 5.91 Å². The van der Waals surface area contributed by atoms with Crippen molar-refractivity contribution in [2.24, 2.45) is 0 Å². The summed E-state index contributed by atoms with van der Waals surface area (Å²) < 4.78 is 0. The van der Waals surface area contributed by atoms with Crippen LogP contribution in [0.1, 0.15) is 57.2 Å². The third kappa shape index (κ3) is 3.77. The highest BCUT2D eigenvalue weighted by Crippen LogP contribution is 2.22. The molecule has 0 saturated carbocycles. The number of hydrogen-bond acceptors (Lipinski definition) is 7. The van der Waals surface area contributed by atoms with Crippen LogP contribution in [0, 0.1) is 13.8 Å². The summed E-state index contributed by atoms with van der Waals surface area (Å²) in [4.78, 5) is 50.6. The summed E-state index contributed by atoms with van der Waals surface area (Å²) in [7, 11) is 0. The van der Waals surface area contributed by atoms with Crippen LogP contribution in [-0.4, -0.2) is 44.1 Å². The number of nitrogens with one attached hydrogen (secondary N) is 1.